The molecule has 0 aliphatic heterocycles. The summed E-state index contributed by atoms with van der Waals surface area (Å²) in [5, 5.41) is 10.4. The molecule has 72 valence electrons. The van der Waals surface area contributed by atoms with Gasteiger partial charge in [-0.3, -0.25) is 4.79 Å². The molecule has 4 nitrogen and oxygen atoms in total. The molecule has 0 aromatic heterocycles. The normalized spacial score (nSPS) is 9.14. The van der Waals surface area contributed by atoms with Crippen LogP contribution in [0.15, 0.2) is 30.3 Å². The Morgan fingerprint density at radius 3 is 2.29 bits per heavy atom. The fourth-order valence-corrected chi connectivity index (χ4v) is 1.05. The number of amides is 1. The second-order valence-electron chi connectivity index (χ2n) is 2.45. The molecule has 0 saturated carbocycles. The Hall–Kier alpha value is -1.75. The van der Waals surface area contributed by atoms with Crippen LogP contribution in [0.2, 0.25) is 0 Å². The smallest absolute Gasteiger partial charge is 0.394 e. The molecule has 5 heteroatoms. The van der Waals surface area contributed by atoms with Crippen molar-refractivity contribution in [3.63, 3.8) is 0 Å². The summed E-state index contributed by atoms with van der Waals surface area (Å²) in [6, 6.07) is 8.66. The lowest BCUT2D eigenvalue weighted by atomic mass is 10.2. The third-order valence-corrected chi connectivity index (χ3v) is 1.80. The minimum Gasteiger partial charge on any atom is -0.474 e. The molecule has 0 fully saturated rings. The third-order valence-electron chi connectivity index (χ3n) is 1.46. The first-order valence-corrected chi connectivity index (χ1v) is 4.15. The van der Waals surface area contributed by atoms with Gasteiger partial charge in [-0.2, -0.15) is 0 Å². The first-order chi connectivity index (χ1) is 6.61. The van der Waals surface area contributed by atoms with Gasteiger partial charge in [-0.05, 0) is 0 Å². The molecule has 1 aromatic rings. The molecule has 0 aliphatic rings. The molecule has 0 spiro atoms. The summed E-state index contributed by atoms with van der Waals surface area (Å²) in [5.41, 5.74) is 0.608. The number of hydrogen-bond acceptors (Lipinski definition) is 3. The maximum absolute atomic E-state index is 10.7. The van der Waals surface area contributed by atoms with E-state index < -0.39 is 11.9 Å². The van der Waals surface area contributed by atoms with Gasteiger partial charge in [-0.1, -0.05) is 42.5 Å². The predicted octanol–water partition coefficient (Wildman–Crippen LogP) is 0.563. The summed E-state index contributed by atoms with van der Waals surface area (Å²) >= 11 is 4.82. The molecule has 0 heterocycles. The van der Waals surface area contributed by atoms with Crippen LogP contribution in [-0.4, -0.2) is 22.0 Å². The van der Waals surface area contributed by atoms with Crippen LogP contribution in [-0.2, 0) is 9.59 Å². The van der Waals surface area contributed by atoms with Gasteiger partial charge in [-0.15, -0.1) is 0 Å². The van der Waals surface area contributed by atoms with E-state index in [0.29, 0.717) is 5.56 Å². The summed E-state index contributed by atoms with van der Waals surface area (Å²) in [5.74, 6) is -2.68. The zero-order chi connectivity index (χ0) is 10.6. The van der Waals surface area contributed by atoms with Crippen LogP contribution in [0.25, 0.3) is 0 Å². The van der Waals surface area contributed by atoms with Crippen LogP contribution in [0.3, 0.4) is 0 Å². The van der Waals surface area contributed by atoms with E-state index in [2.05, 4.69) is 5.32 Å². The minimum atomic E-state index is -1.55. The van der Waals surface area contributed by atoms with Crippen molar-refractivity contribution in [2.45, 2.75) is 0 Å². The van der Waals surface area contributed by atoms with E-state index in [4.69, 9.17) is 17.3 Å². The largest absolute Gasteiger partial charge is 0.474 e. The Kier molecular flexibility index (Phi) is 3.30. The molecule has 1 rings (SSSR count). The van der Waals surface area contributed by atoms with Crippen LogP contribution >= 0.6 is 12.2 Å². The first kappa shape index (κ1) is 10.3. The van der Waals surface area contributed by atoms with E-state index in [-0.39, 0.29) is 4.99 Å². The second kappa shape index (κ2) is 4.48. The monoisotopic (exact) mass is 209 g/mol. The highest BCUT2D eigenvalue weighted by molar-refractivity contribution is 7.80. The van der Waals surface area contributed by atoms with Crippen molar-refractivity contribution in [2.24, 2.45) is 0 Å². The van der Waals surface area contributed by atoms with Crippen molar-refractivity contribution >= 4 is 29.1 Å². The van der Waals surface area contributed by atoms with Gasteiger partial charge < -0.3 is 10.4 Å². The van der Waals surface area contributed by atoms with E-state index in [1.807, 2.05) is 0 Å². The van der Waals surface area contributed by atoms with Crippen LogP contribution in [0.5, 0.6) is 0 Å². The van der Waals surface area contributed by atoms with Crippen molar-refractivity contribution in [3.05, 3.63) is 35.9 Å². The summed E-state index contributed by atoms with van der Waals surface area (Å²) < 4.78 is 0. The van der Waals surface area contributed by atoms with Crippen LogP contribution in [0, 0.1) is 0 Å². The molecule has 1 aromatic carbocycles. The average Bonchev–Trinajstić information content (AvgIpc) is 2.19. The molecular formula is C9H7NO3S. The number of thiocarbonyl (C=S) groups is 1. The number of carbonyl (C=O) groups is 2. The minimum absolute atomic E-state index is 0.109. The predicted molar refractivity (Wildman–Crippen MR) is 53.9 cm³/mol. The molecule has 0 aliphatic carbocycles. The molecular weight excluding hydrogens is 202 g/mol. The van der Waals surface area contributed by atoms with Gasteiger partial charge in [0.15, 0.2) is 0 Å². The molecule has 1 amide bonds. The maximum Gasteiger partial charge on any atom is 0.394 e. The SMILES string of the molecule is O=C(O)C(=O)NC(=S)c1ccccc1. The fourth-order valence-electron chi connectivity index (χ4n) is 0.818. The highest BCUT2D eigenvalue weighted by atomic mass is 32.1. The third kappa shape index (κ3) is 2.63. The molecule has 0 unspecified atom stereocenters. The molecule has 0 bridgehead atoms. The number of rotatable bonds is 1. The summed E-state index contributed by atoms with van der Waals surface area (Å²) in [7, 11) is 0. The zero-order valence-electron chi connectivity index (χ0n) is 7.06. The Morgan fingerprint density at radius 2 is 1.79 bits per heavy atom. The Morgan fingerprint density at radius 1 is 1.21 bits per heavy atom. The zero-order valence-corrected chi connectivity index (χ0v) is 7.88. The number of aliphatic carboxylic acids is 1. The maximum atomic E-state index is 10.7. The van der Waals surface area contributed by atoms with Crippen molar-refractivity contribution < 1.29 is 14.7 Å². The lowest BCUT2D eigenvalue weighted by Crippen LogP contribution is -2.35. The van der Waals surface area contributed by atoms with E-state index in [9.17, 15) is 9.59 Å². The summed E-state index contributed by atoms with van der Waals surface area (Å²) in [4.78, 5) is 21.0. The van der Waals surface area contributed by atoms with Gasteiger partial charge in [0, 0.05) is 5.56 Å². The van der Waals surface area contributed by atoms with E-state index >= 15 is 0 Å². The molecule has 2 N–H and O–H groups in total. The standard InChI is InChI=1S/C9H7NO3S/c11-7(9(12)13)10-8(14)6-4-2-1-3-5-6/h1-5H,(H,12,13)(H,10,11,14). The summed E-state index contributed by atoms with van der Waals surface area (Å²) in [6.07, 6.45) is 0. The molecule has 0 atom stereocenters. The number of nitrogens with one attached hydrogen (secondary N) is 1. The van der Waals surface area contributed by atoms with Gasteiger partial charge in [0.25, 0.3) is 0 Å². The lowest BCUT2D eigenvalue weighted by Gasteiger charge is -2.02. The van der Waals surface area contributed by atoms with Gasteiger partial charge in [0.1, 0.15) is 4.99 Å². The molecule has 14 heavy (non-hydrogen) atoms. The van der Waals surface area contributed by atoms with Gasteiger partial charge >= 0.3 is 11.9 Å². The average molecular weight is 209 g/mol. The highest BCUT2D eigenvalue weighted by Crippen LogP contribution is 1.98. The second-order valence-corrected chi connectivity index (χ2v) is 2.86. The first-order valence-electron chi connectivity index (χ1n) is 3.75. The topological polar surface area (TPSA) is 66.4 Å². The lowest BCUT2D eigenvalue weighted by molar-refractivity contribution is -0.149. The number of carboxylic acid groups (broad SMARTS) is 1. The molecule has 0 radical (unpaired) electrons. The van der Waals surface area contributed by atoms with Crippen LogP contribution in [0.4, 0.5) is 0 Å². The van der Waals surface area contributed by atoms with Crippen LogP contribution < -0.4 is 5.32 Å². The number of carboxylic acids is 1. The van der Waals surface area contributed by atoms with Gasteiger partial charge in [0.05, 0.1) is 0 Å². The van der Waals surface area contributed by atoms with E-state index in [0.717, 1.165) is 0 Å². The summed E-state index contributed by atoms with van der Waals surface area (Å²) in [6.45, 7) is 0. The van der Waals surface area contributed by atoms with E-state index in [1.54, 1.807) is 30.3 Å². The number of benzene rings is 1. The van der Waals surface area contributed by atoms with Crippen molar-refractivity contribution in [3.8, 4) is 0 Å². The van der Waals surface area contributed by atoms with E-state index in [1.165, 1.54) is 0 Å². The van der Waals surface area contributed by atoms with Crippen molar-refractivity contribution in [1.82, 2.24) is 5.32 Å². The quantitative estimate of drug-likeness (QED) is 0.524. The fraction of sp³-hybridized carbons (Fsp3) is 0. The van der Waals surface area contributed by atoms with Gasteiger partial charge in [0.2, 0.25) is 0 Å². The van der Waals surface area contributed by atoms with Gasteiger partial charge in [-0.25, -0.2) is 4.79 Å². The van der Waals surface area contributed by atoms with Crippen molar-refractivity contribution in [2.75, 3.05) is 0 Å². The highest BCUT2D eigenvalue weighted by Gasteiger charge is 2.12. The number of carbonyl (C=O) groups excluding carboxylic acids is 1. The Labute approximate surface area is 85.6 Å². The van der Waals surface area contributed by atoms with Crippen LogP contribution in [0.1, 0.15) is 5.56 Å². The molecule has 0 saturated heterocycles. The number of hydrogen-bond donors (Lipinski definition) is 2. The Bertz CT molecular complexity index is 375. The Balaban J connectivity index is 2.69. The van der Waals surface area contributed by atoms with Crippen molar-refractivity contribution in [1.29, 1.82) is 0 Å².